The summed E-state index contributed by atoms with van der Waals surface area (Å²) in [4.78, 5) is 23.3. The molecule has 1 unspecified atom stereocenters. The van der Waals surface area contributed by atoms with Gasteiger partial charge in [0.2, 0.25) is 5.91 Å². The third-order valence-corrected chi connectivity index (χ3v) is 3.39. The van der Waals surface area contributed by atoms with Crippen molar-refractivity contribution in [1.82, 2.24) is 10.6 Å². The Kier molecular flexibility index (Phi) is 4.96. The summed E-state index contributed by atoms with van der Waals surface area (Å²) in [5.74, 6) is 5.30. The van der Waals surface area contributed by atoms with Crippen LogP contribution in [0, 0.1) is 18.8 Å². The minimum absolute atomic E-state index is 0.0237. The molecule has 0 saturated carbocycles. The Morgan fingerprint density at radius 1 is 1.52 bits per heavy atom. The number of piperidine rings is 1. The third kappa shape index (κ3) is 4.07. The van der Waals surface area contributed by atoms with Crippen LogP contribution in [0.25, 0.3) is 0 Å². The zero-order valence-corrected chi connectivity index (χ0v) is 11.9. The van der Waals surface area contributed by atoms with Crippen LogP contribution in [0.5, 0.6) is 0 Å². The Labute approximate surface area is 123 Å². The minimum atomic E-state index is -0.185. The van der Waals surface area contributed by atoms with Gasteiger partial charge in [0, 0.05) is 30.1 Å². The molecular weight excluding hydrogens is 268 g/mol. The molecule has 0 radical (unpaired) electrons. The Bertz CT molecular complexity index is 604. The SMILES string of the molecule is Cc1cc(C(=O)NC2CCC(=O)NC2)ccc1C#CCO. The van der Waals surface area contributed by atoms with E-state index < -0.39 is 0 Å². The number of aryl methyl sites for hydroxylation is 1. The van der Waals surface area contributed by atoms with Crippen LogP contribution in [0.4, 0.5) is 0 Å². The first-order valence-corrected chi connectivity index (χ1v) is 6.88. The lowest BCUT2D eigenvalue weighted by Gasteiger charge is -2.23. The molecule has 1 aromatic carbocycles. The van der Waals surface area contributed by atoms with Gasteiger partial charge in [-0.1, -0.05) is 11.8 Å². The molecule has 3 N–H and O–H groups in total. The van der Waals surface area contributed by atoms with Gasteiger partial charge < -0.3 is 15.7 Å². The highest BCUT2D eigenvalue weighted by Crippen LogP contribution is 2.11. The first-order chi connectivity index (χ1) is 10.1. The molecule has 5 heteroatoms. The Morgan fingerprint density at radius 3 is 2.95 bits per heavy atom. The zero-order valence-electron chi connectivity index (χ0n) is 11.9. The van der Waals surface area contributed by atoms with Gasteiger partial charge in [0.1, 0.15) is 6.61 Å². The summed E-state index contributed by atoms with van der Waals surface area (Å²) in [5.41, 5.74) is 2.25. The number of hydrogen-bond donors (Lipinski definition) is 3. The molecule has 2 amide bonds. The summed E-state index contributed by atoms with van der Waals surface area (Å²) >= 11 is 0. The molecule has 110 valence electrons. The Morgan fingerprint density at radius 2 is 2.33 bits per heavy atom. The van der Waals surface area contributed by atoms with Crippen LogP contribution < -0.4 is 10.6 Å². The van der Waals surface area contributed by atoms with Crippen LogP contribution in [0.2, 0.25) is 0 Å². The molecule has 1 aliphatic heterocycles. The quantitative estimate of drug-likeness (QED) is 0.686. The molecule has 1 saturated heterocycles. The largest absolute Gasteiger partial charge is 0.384 e. The number of benzene rings is 1. The van der Waals surface area contributed by atoms with Crippen molar-refractivity contribution in [3.05, 3.63) is 34.9 Å². The Balaban J connectivity index is 2.02. The monoisotopic (exact) mass is 286 g/mol. The molecular formula is C16H18N2O3. The van der Waals surface area contributed by atoms with Crippen LogP contribution in [0.3, 0.4) is 0 Å². The van der Waals surface area contributed by atoms with Crippen molar-refractivity contribution in [2.75, 3.05) is 13.2 Å². The second-order valence-corrected chi connectivity index (χ2v) is 5.00. The maximum atomic E-state index is 12.2. The number of aliphatic hydroxyl groups excluding tert-OH is 1. The van der Waals surface area contributed by atoms with Gasteiger partial charge in [-0.15, -0.1) is 0 Å². The maximum absolute atomic E-state index is 12.2. The van der Waals surface area contributed by atoms with Crippen LogP contribution >= 0.6 is 0 Å². The zero-order chi connectivity index (χ0) is 15.2. The molecule has 0 aliphatic carbocycles. The van der Waals surface area contributed by atoms with Crippen molar-refractivity contribution in [2.24, 2.45) is 0 Å². The molecule has 0 spiro atoms. The second kappa shape index (κ2) is 6.91. The number of nitrogens with one attached hydrogen (secondary N) is 2. The summed E-state index contributed by atoms with van der Waals surface area (Å²) in [7, 11) is 0. The van der Waals surface area contributed by atoms with Crippen LogP contribution in [0.15, 0.2) is 18.2 Å². The number of hydrogen-bond acceptors (Lipinski definition) is 3. The van der Waals surface area contributed by atoms with E-state index >= 15 is 0 Å². The lowest BCUT2D eigenvalue weighted by atomic mass is 10.0. The number of carbonyl (C=O) groups excluding carboxylic acids is 2. The second-order valence-electron chi connectivity index (χ2n) is 5.00. The van der Waals surface area contributed by atoms with Crippen molar-refractivity contribution >= 4 is 11.8 Å². The maximum Gasteiger partial charge on any atom is 0.251 e. The summed E-state index contributed by atoms with van der Waals surface area (Å²) in [5, 5.41) is 14.3. The van der Waals surface area contributed by atoms with Gasteiger partial charge in [-0.3, -0.25) is 9.59 Å². The lowest BCUT2D eigenvalue weighted by Crippen LogP contribution is -2.47. The van der Waals surface area contributed by atoms with Crippen molar-refractivity contribution in [3.8, 4) is 11.8 Å². The molecule has 21 heavy (non-hydrogen) atoms. The standard InChI is InChI=1S/C16H18N2O3/c1-11-9-13(5-4-12(11)3-2-8-19)16(21)18-14-6-7-15(20)17-10-14/h4-5,9,14,19H,6-8,10H2,1H3,(H,17,20)(H,18,21). The van der Waals surface area contributed by atoms with E-state index in [1.54, 1.807) is 18.2 Å². The molecule has 5 nitrogen and oxygen atoms in total. The highest BCUT2D eigenvalue weighted by Gasteiger charge is 2.20. The van der Waals surface area contributed by atoms with Gasteiger partial charge in [0.25, 0.3) is 5.91 Å². The van der Waals surface area contributed by atoms with Gasteiger partial charge in [0.15, 0.2) is 0 Å². The van der Waals surface area contributed by atoms with Gasteiger partial charge in [0.05, 0.1) is 0 Å². The fraction of sp³-hybridized carbons (Fsp3) is 0.375. The van der Waals surface area contributed by atoms with Gasteiger partial charge in [-0.2, -0.15) is 0 Å². The van der Waals surface area contributed by atoms with Gasteiger partial charge >= 0.3 is 0 Å². The normalized spacial score (nSPS) is 17.4. The topological polar surface area (TPSA) is 78.4 Å². The summed E-state index contributed by atoms with van der Waals surface area (Å²) < 4.78 is 0. The molecule has 2 rings (SSSR count). The fourth-order valence-electron chi connectivity index (χ4n) is 2.20. The molecule has 1 aliphatic rings. The molecule has 0 aromatic heterocycles. The average Bonchev–Trinajstić information content (AvgIpc) is 2.48. The van der Waals surface area contributed by atoms with E-state index in [9.17, 15) is 9.59 Å². The fourth-order valence-corrected chi connectivity index (χ4v) is 2.20. The summed E-state index contributed by atoms with van der Waals surface area (Å²) in [6.45, 7) is 2.16. The van der Waals surface area contributed by atoms with Crippen LogP contribution in [-0.2, 0) is 4.79 Å². The first kappa shape index (κ1) is 15.1. The third-order valence-electron chi connectivity index (χ3n) is 3.39. The number of carbonyl (C=O) groups is 2. The first-order valence-electron chi connectivity index (χ1n) is 6.88. The summed E-state index contributed by atoms with van der Waals surface area (Å²) in [6.07, 6.45) is 1.11. The predicted molar refractivity (Wildman–Crippen MR) is 78.6 cm³/mol. The van der Waals surface area contributed by atoms with Crippen molar-refractivity contribution < 1.29 is 14.7 Å². The van der Waals surface area contributed by atoms with E-state index in [1.807, 2.05) is 6.92 Å². The smallest absolute Gasteiger partial charge is 0.251 e. The predicted octanol–water partition coefficient (Wildman–Crippen LogP) is 0.347. The van der Waals surface area contributed by atoms with Gasteiger partial charge in [-0.05, 0) is 37.1 Å². The highest BCUT2D eigenvalue weighted by atomic mass is 16.2. The number of amides is 2. The molecule has 1 atom stereocenters. The van der Waals surface area contributed by atoms with E-state index in [1.165, 1.54) is 0 Å². The molecule has 1 fully saturated rings. The van der Waals surface area contributed by atoms with Crippen LogP contribution in [0.1, 0.15) is 34.3 Å². The summed E-state index contributed by atoms with van der Waals surface area (Å²) in [6, 6.07) is 5.24. The number of aliphatic hydroxyl groups is 1. The van der Waals surface area contributed by atoms with E-state index in [0.717, 1.165) is 11.1 Å². The Hall–Kier alpha value is -2.32. The van der Waals surface area contributed by atoms with E-state index in [0.29, 0.717) is 24.9 Å². The molecule has 1 heterocycles. The minimum Gasteiger partial charge on any atom is -0.384 e. The lowest BCUT2D eigenvalue weighted by molar-refractivity contribution is -0.122. The van der Waals surface area contributed by atoms with Crippen LogP contribution in [-0.4, -0.2) is 36.1 Å². The highest BCUT2D eigenvalue weighted by molar-refractivity contribution is 5.95. The van der Waals surface area contributed by atoms with Crippen molar-refractivity contribution in [1.29, 1.82) is 0 Å². The van der Waals surface area contributed by atoms with E-state index in [4.69, 9.17) is 5.11 Å². The number of rotatable bonds is 2. The van der Waals surface area contributed by atoms with E-state index in [2.05, 4.69) is 22.5 Å². The van der Waals surface area contributed by atoms with Crippen molar-refractivity contribution in [3.63, 3.8) is 0 Å². The van der Waals surface area contributed by atoms with Gasteiger partial charge in [-0.25, -0.2) is 0 Å². The average molecular weight is 286 g/mol. The van der Waals surface area contributed by atoms with E-state index in [-0.39, 0.29) is 24.5 Å². The van der Waals surface area contributed by atoms with Crippen molar-refractivity contribution in [2.45, 2.75) is 25.8 Å². The molecule has 1 aromatic rings. The molecule has 0 bridgehead atoms.